The maximum Gasteiger partial charge on any atom is 0.244 e. The summed E-state index contributed by atoms with van der Waals surface area (Å²) in [5, 5.41) is 4.08. The van der Waals surface area contributed by atoms with Gasteiger partial charge in [0.25, 0.3) is 0 Å². The molecule has 0 spiro atoms. The Bertz CT molecular complexity index is 1090. The molecule has 1 N–H and O–H groups in total. The Morgan fingerprint density at radius 1 is 1.14 bits per heavy atom. The van der Waals surface area contributed by atoms with Crippen LogP contribution in [0.4, 0.5) is 4.39 Å². The van der Waals surface area contributed by atoms with Crippen molar-refractivity contribution in [3.63, 3.8) is 0 Å². The van der Waals surface area contributed by atoms with Gasteiger partial charge < -0.3 is 14.0 Å². The van der Waals surface area contributed by atoms with Crippen molar-refractivity contribution in [1.29, 1.82) is 0 Å². The van der Waals surface area contributed by atoms with Gasteiger partial charge in [-0.1, -0.05) is 6.07 Å². The number of nitrogens with one attached hydrogen (secondary N) is 1. The predicted octanol–water partition coefficient (Wildman–Crippen LogP) is 3.65. The second kappa shape index (κ2) is 7.79. The predicted molar refractivity (Wildman–Crippen MR) is 107 cm³/mol. The smallest absolute Gasteiger partial charge is 0.244 e. The van der Waals surface area contributed by atoms with Crippen molar-refractivity contribution in [3.05, 3.63) is 76.9 Å². The van der Waals surface area contributed by atoms with Gasteiger partial charge in [0.2, 0.25) is 12.7 Å². The highest BCUT2D eigenvalue weighted by molar-refractivity contribution is 5.85. The summed E-state index contributed by atoms with van der Waals surface area (Å²) in [7, 11) is 0. The molecule has 0 saturated heterocycles. The molecule has 1 aromatic heterocycles. The molecule has 0 radical (unpaired) electrons. The van der Waals surface area contributed by atoms with Gasteiger partial charge in [-0.3, -0.25) is 4.79 Å². The van der Waals surface area contributed by atoms with Crippen molar-refractivity contribution in [2.45, 2.75) is 20.3 Å². The Balaban J connectivity index is 1.42. The van der Waals surface area contributed by atoms with E-state index in [1.807, 2.05) is 30.5 Å². The molecule has 0 saturated carbocycles. The lowest BCUT2D eigenvalue weighted by Gasteiger charge is -2.09. The zero-order valence-electron chi connectivity index (χ0n) is 16.1. The summed E-state index contributed by atoms with van der Waals surface area (Å²) < 4.78 is 25.8. The number of nitrogens with zero attached hydrogens (tertiary/aromatic N) is 2. The molecular weight excluding hydrogens is 373 g/mol. The van der Waals surface area contributed by atoms with Crippen molar-refractivity contribution in [1.82, 2.24) is 9.99 Å². The molecule has 1 amide bonds. The fourth-order valence-corrected chi connectivity index (χ4v) is 3.36. The lowest BCUT2D eigenvalue weighted by molar-refractivity contribution is -0.120. The third-order valence-corrected chi connectivity index (χ3v) is 4.75. The van der Waals surface area contributed by atoms with Crippen molar-refractivity contribution in [3.8, 4) is 17.2 Å². The fraction of sp³-hybridized carbons (Fsp3) is 0.182. The standard InChI is InChI=1S/C22H20FN3O3/c1-14-9-17(15(2)26(14)19-6-4-18(23)5-7-19)12-24-25-22(27)11-16-3-8-20-21(10-16)29-13-28-20/h3-10,12H,11,13H2,1-2H3,(H,25,27)/b24-12-. The summed E-state index contributed by atoms with van der Waals surface area (Å²) in [6, 6.07) is 13.7. The minimum atomic E-state index is -0.275. The highest BCUT2D eigenvalue weighted by Crippen LogP contribution is 2.32. The Hall–Kier alpha value is -3.61. The number of aromatic nitrogens is 1. The number of benzene rings is 2. The summed E-state index contributed by atoms with van der Waals surface area (Å²) in [6.07, 6.45) is 1.79. The van der Waals surface area contributed by atoms with Gasteiger partial charge in [0.1, 0.15) is 5.82 Å². The van der Waals surface area contributed by atoms with Gasteiger partial charge >= 0.3 is 0 Å². The van der Waals surface area contributed by atoms with E-state index in [9.17, 15) is 9.18 Å². The normalized spacial score (nSPS) is 12.5. The minimum Gasteiger partial charge on any atom is -0.454 e. The third kappa shape index (κ3) is 3.99. The quantitative estimate of drug-likeness (QED) is 0.532. The SMILES string of the molecule is Cc1cc(/C=N\NC(=O)Cc2ccc3c(c2)OCO3)c(C)n1-c1ccc(F)cc1. The topological polar surface area (TPSA) is 64.8 Å². The van der Waals surface area contributed by atoms with Gasteiger partial charge in [-0.05, 0) is 61.9 Å². The molecular formula is C22H20FN3O3. The van der Waals surface area contributed by atoms with E-state index < -0.39 is 0 Å². The molecule has 7 heteroatoms. The monoisotopic (exact) mass is 393 g/mol. The second-order valence-electron chi connectivity index (χ2n) is 6.80. The Morgan fingerprint density at radius 3 is 2.69 bits per heavy atom. The van der Waals surface area contributed by atoms with Gasteiger partial charge in [0, 0.05) is 22.6 Å². The Kier molecular flexibility index (Phi) is 5.03. The van der Waals surface area contributed by atoms with Gasteiger partial charge in [0.05, 0.1) is 12.6 Å². The molecule has 29 heavy (non-hydrogen) atoms. The molecule has 0 atom stereocenters. The number of rotatable bonds is 5. The van der Waals surface area contributed by atoms with E-state index in [1.165, 1.54) is 12.1 Å². The minimum absolute atomic E-state index is 0.183. The first-order valence-corrected chi connectivity index (χ1v) is 9.16. The Labute approximate surface area is 167 Å². The van der Waals surface area contributed by atoms with E-state index in [-0.39, 0.29) is 24.9 Å². The van der Waals surface area contributed by atoms with Crippen LogP contribution in [-0.4, -0.2) is 23.5 Å². The first-order chi connectivity index (χ1) is 14.0. The Morgan fingerprint density at radius 2 is 1.90 bits per heavy atom. The van der Waals surface area contributed by atoms with Crippen molar-refractivity contribution < 1.29 is 18.7 Å². The fourth-order valence-electron chi connectivity index (χ4n) is 3.36. The van der Waals surface area contributed by atoms with Crippen LogP contribution in [0.5, 0.6) is 11.5 Å². The van der Waals surface area contributed by atoms with Crippen LogP contribution in [0.25, 0.3) is 5.69 Å². The van der Waals surface area contributed by atoms with E-state index in [0.717, 1.165) is 28.2 Å². The molecule has 2 heterocycles. The summed E-state index contributed by atoms with van der Waals surface area (Å²) >= 11 is 0. The van der Waals surface area contributed by atoms with Gasteiger partial charge in [-0.15, -0.1) is 0 Å². The van der Waals surface area contributed by atoms with Crippen molar-refractivity contribution in [2.24, 2.45) is 5.10 Å². The number of carbonyl (C=O) groups excluding carboxylic acids is 1. The molecule has 0 unspecified atom stereocenters. The van der Waals surface area contributed by atoms with Gasteiger partial charge in [-0.25, -0.2) is 9.82 Å². The second-order valence-corrected chi connectivity index (χ2v) is 6.80. The number of aryl methyl sites for hydroxylation is 1. The zero-order valence-corrected chi connectivity index (χ0v) is 16.1. The average Bonchev–Trinajstić information content (AvgIpc) is 3.27. The summed E-state index contributed by atoms with van der Waals surface area (Å²) in [5.74, 6) is 0.825. The average molecular weight is 393 g/mol. The number of hydrogen-bond donors (Lipinski definition) is 1. The van der Waals surface area contributed by atoms with Crippen LogP contribution in [-0.2, 0) is 11.2 Å². The molecule has 6 nitrogen and oxygen atoms in total. The first-order valence-electron chi connectivity index (χ1n) is 9.16. The van der Waals surface area contributed by atoms with E-state index in [1.54, 1.807) is 30.5 Å². The van der Waals surface area contributed by atoms with Crippen molar-refractivity contribution in [2.75, 3.05) is 6.79 Å². The lowest BCUT2D eigenvalue weighted by Crippen LogP contribution is -2.19. The van der Waals surface area contributed by atoms with Crippen LogP contribution in [0.3, 0.4) is 0 Å². The molecule has 0 bridgehead atoms. The zero-order chi connectivity index (χ0) is 20.4. The maximum atomic E-state index is 13.2. The number of hydrazone groups is 1. The van der Waals surface area contributed by atoms with E-state index in [4.69, 9.17) is 9.47 Å². The van der Waals surface area contributed by atoms with E-state index in [2.05, 4.69) is 10.5 Å². The molecule has 1 aliphatic rings. The first kappa shape index (κ1) is 18.7. The van der Waals surface area contributed by atoms with Crippen LogP contribution in [0.1, 0.15) is 22.5 Å². The maximum absolute atomic E-state index is 13.2. The number of hydrogen-bond acceptors (Lipinski definition) is 4. The molecule has 2 aromatic carbocycles. The van der Waals surface area contributed by atoms with E-state index in [0.29, 0.717) is 11.5 Å². The summed E-state index contributed by atoms with van der Waals surface area (Å²) in [4.78, 5) is 12.2. The van der Waals surface area contributed by atoms with Crippen LogP contribution in [0.2, 0.25) is 0 Å². The number of fused-ring (bicyclic) bond motifs is 1. The lowest BCUT2D eigenvalue weighted by atomic mass is 10.1. The van der Waals surface area contributed by atoms with E-state index >= 15 is 0 Å². The van der Waals surface area contributed by atoms with Gasteiger partial charge in [0.15, 0.2) is 11.5 Å². The van der Waals surface area contributed by atoms with Crippen LogP contribution >= 0.6 is 0 Å². The molecule has 148 valence electrons. The molecule has 4 rings (SSSR count). The van der Waals surface area contributed by atoms with Crippen LogP contribution in [0, 0.1) is 19.7 Å². The number of carbonyl (C=O) groups is 1. The highest BCUT2D eigenvalue weighted by Gasteiger charge is 2.14. The van der Waals surface area contributed by atoms with Crippen LogP contribution in [0.15, 0.2) is 53.6 Å². The molecule has 3 aromatic rings. The molecule has 0 fully saturated rings. The highest BCUT2D eigenvalue weighted by atomic mass is 19.1. The number of ether oxygens (including phenoxy) is 2. The molecule has 0 aliphatic carbocycles. The third-order valence-electron chi connectivity index (χ3n) is 4.75. The number of halogens is 1. The van der Waals surface area contributed by atoms with Crippen molar-refractivity contribution >= 4 is 12.1 Å². The van der Waals surface area contributed by atoms with Crippen LogP contribution < -0.4 is 14.9 Å². The summed E-state index contributed by atoms with van der Waals surface area (Å²) in [6.45, 7) is 4.11. The molecule has 1 aliphatic heterocycles. The summed E-state index contributed by atoms with van der Waals surface area (Å²) in [5.41, 5.74) is 7.04. The number of amides is 1. The van der Waals surface area contributed by atoms with Gasteiger partial charge in [-0.2, -0.15) is 5.10 Å². The largest absolute Gasteiger partial charge is 0.454 e.